The first-order valence-corrected chi connectivity index (χ1v) is 6.14. The first kappa shape index (κ1) is 13.0. The average molecular weight is 245 g/mol. The fourth-order valence-corrected chi connectivity index (χ4v) is 2.00. The van der Waals surface area contributed by atoms with E-state index in [1.165, 1.54) is 19.2 Å². The number of hydrogen-bond donors (Lipinski definition) is 2. The summed E-state index contributed by atoms with van der Waals surface area (Å²) in [6, 6.07) is 4.37. The van der Waals surface area contributed by atoms with E-state index in [4.69, 9.17) is 9.88 Å². The number of primary sulfonamides is 1. The molecule has 0 bridgehead atoms. The maximum atomic E-state index is 11.3. The summed E-state index contributed by atoms with van der Waals surface area (Å²) >= 11 is 0. The van der Waals surface area contributed by atoms with Gasteiger partial charge in [0.05, 0.1) is 12.7 Å². The zero-order chi connectivity index (χ0) is 12.6. The molecule has 0 saturated carbocycles. The lowest BCUT2D eigenvalue weighted by Gasteiger charge is -2.19. The fourth-order valence-electron chi connectivity index (χ4n) is 1.28. The van der Waals surface area contributed by atoms with Gasteiger partial charge < -0.3 is 9.84 Å². The molecule has 0 fully saturated rings. The number of sulfonamides is 1. The quantitative estimate of drug-likeness (QED) is 0.814. The van der Waals surface area contributed by atoms with E-state index < -0.39 is 15.6 Å². The van der Waals surface area contributed by atoms with Gasteiger partial charge in [0.15, 0.2) is 0 Å². The van der Waals surface area contributed by atoms with E-state index in [-0.39, 0.29) is 10.6 Å². The van der Waals surface area contributed by atoms with Crippen LogP contribution in [0.4, 0.5) is 0 Å². The molecule has 0 atom stereocenters. The minimum atomic E-state index is -3.86. The third kappa shape index (κ3) is 2.72. The second kappa shape index (κ2) is 4.04. The Morgan fingerprint density at radius 2 is 1.94 bits per heavy atom. The van der Waals surface area contributed by atoms with Crippen molar-refractivity contribution < 1.29 is 18.3 Å². The van der Waals surface area contributed by atoms with Gasteiger partial charge in [0, 0.05) is 0 Å². The highest BCUT2D eigenvalue weighted by atomic mass is 32.2. The van der Waals surface area contributed by atoms with Crippen LogP contribution in [0, 0.1) is 0 Å². The van der Waals surface area contributed by atoms with Gasteiger partial charge in [-0.3, -0.25) is 0 Å². The van der Waals surface area contributed by atoms with Crippen LogP contribution >= 0.6 is 0 Å². The van der Waals surface area contributed by atoms with Crippen molar-refractivity contribution in [3.63, 3.8) is 0 Å². The number of ether oxygens (including phenoxy) is 1. The molecule has 3 N–H and O–H groups in total. The van der Waals surface area contributed by atoms with Crippen LogP contribution in [0.5, 0.6) is 5.75 Å². The number of benzene rings is 1. The van der Waals surface area contributed by atoms with E-state index in [0.717, 1.165) is 0 Å². The van der Waals surface area contributed by atoms with Crippen LogP contribution in [0.15, 0.2) is 23.1 Å². The maximum Gasteiger partial charge on any atom is 0.241 e. The van der Waals surface area contributed by atoms with Gasteiger partial charge in [0.1, 0.15) is 10.6 Å². The van der Waals surface area contributed by atoms with E-state index >= 15 is 0 Å². The van der Waals surface area contributed by atoms with E-state index in [2.05, 4.69) is 0 Å². The minimum Gasteiger partial charge on any atom is -0.495 e. The molecule has 0 aromatic heterocycles. The highest BCUT2D eigenvalue weighted by Crippen LogP contribution is 2.28. The molecular formula is C10H15NO4S. The monoisotopic (exact) mass is 245 g/mol. The summed E-state index contributed by atoms with van der Waals surface area (Å²) in [4.78, 5) is -0.130. The number of methoxy groups -OCH3 is 1. The van der Waals surface area contributed by atoms with Gasteiger partial charge in [-0.15, -0.1) is 0 Å². The first-order chi connectivity index (χ1) is 7.16. The lowest BCUT2D eigenvalue weighted by Crippen LogP contribution is -2.18. The van der Waals surface area contributed by atoms with Gasteiger partial charge in [-0.05, 0) is 31.5 Å². The number of aliphatic hydroxyl groups is 1. The second-order valence-corrected chi connectivity index (χ2v) is 5.50. The molecule has 0 heterocycles. The summed E-state index contributed by atoms with van der Waals surface area (Å²) in [5.41, 5.74) is -0.677. The maximum absolute atomic E-state index is 11.3. The van der Waals surface area contributed by atoms with Crippen molar-refractivity contribution in [1.82, 2.24) is 0 Å². The molecule has 16 heavy (non-hydrogen) atoms. The Morgan fingerprint density at radius 1 is 1.38 bits per heavy atom. The Bertz CT molecular complexity index is 488. The second-order valence-electron chi connectivity index (χ2n) is 3.97. The number of hydrogen-bond acceptors (Lipinski definition) is 4. The molecule has 0 radical (unpaired) electrons. The van der Waals surface area contributed by atoms with Crippen molar-refractivity contribution in [3.8, 4) is 5.75 Å². The predicted molar refractivity (Wildman–Crippen MR) is 59.6 cm³/mol. The van der Waals surface area contributed by atoms with Crippen LogP contribution < -0.4 is 9.88 Å². The Morgan fingerprint density at radius 3 is 2.31 bits per heavy atom. The zero-order valence-electron chi connectivity index (χ0n) is 9.39. The van der Waals surface area contributed by atoms with Crippen LogP contribution in [0.2, 0.25) is 0 Å². The SMILES string of the molecule is COc1ccc(C(C)(C)O)cc1S(N)(=O)=O. The molecule has 0 unspecified atom stereocenters. The summed E-state index contributed by atoms with van der Waals surface area (Å²) < 4.78 is 27.5. The summed E-state index contributed by atoms with van der Waals surface area (Å²) in [5, 5.41) is 14.8. The van der Waals surface area contributed by atoms with Crippen LogP contribution in [0.1, 0.15) is 19.4 Å². The molecular weight excluding hydrogens is 230 g/mol. The van der Waals surface area contributed by atoms with Crippen molar-refractivity contribution in [2.75, 3.05) is 7.11 Å². The van der Waals surface area contributed by atoms with Gasteiger partial charge in [-0.2, -0.15) is 0 Å². The van der Waals surface area contributed by atoms with Crippen molar-refractivity contribution >= 4 is 10.0 Å². The van der Waals surface area contributed by atoms with Gasteiger partial charge in [-0.1, -0.05) is 6.07 Å². The van der Waals surface area contributed by atoms with Gasteiger partial charge in [0.2, 0.25) is 10.0 Å². The molecule has 5 nitrogen and oxygen atoms in total. The lowest BCUT2D eigenvalue weighted by atomic mass is 9.98. The van der Waals surface area contributed by atoms with Crippen LogP contribution in [0.3, 0.4) is 0 Å². The predicted octanol–water partition coefficient (Wildman–Crippen LogP) is 0.570. The molecule has 0 aliphatic heterocycles. The molecule has 0 aliphatic rings. The van der Waals surface area contributed by atoms with Crippen LogP contribution in [-0.2, 0) is 15.6 Å². The van der Waals surface area contributed by atoms with Crippen molar-refractivity contribution in [2.24, 2.45) is 5.14 Å². The zero-order valence-corrected chi connectivity index (χ0v) is 10.2. The summed E-state index contributed by atoms with van der Waals surface area (Å²) in [6.45, 7) is 3.11. The largest absolute Gasteiger partial charge is 0.495 e. The Kier molecular flexibility index (Phi) is 3.27. The molecule has 1 aromatic carbocycles. The number of rotatable bonds is 3. The molecule has 6 heteroatoms. The van der Waals surface area contributed by atoms with E-state index in [1.54, 1.807) is 19.9 Å². The van der Waals surface area contributed by atoms with Crippen LogP contribution in [-0.4, -0.2) is 20.6 Å². The third-order valence-electron chi connectivity index (χ3n) is 2.18. The summed E-state index contributed by atoms with van der Waals surface area (Å²) in [7, 11) is -2.51. The lowest BCUT2D eigenvalue weighted by molar-refractivity contribution is 0.0783. The van der Waals surface area contributed by atoms with Crippen molar-refractivity contribution in [3.05, 3.63) is 23.8 Å². The molecule has 0 aliphatic carbocycles. The topological polar surface area (TPSA) is 89.6 Å². The minimum absolute atomic E-state index is 0.130. The molecule has 90 valence electrons. The van der Waals surface area contributed by atoms with E-state index in [0.29, 0.717) is 5.56 Å². The van der Waals surface area contributed by atoms with E-state index in [1.807, 2.05) is 0 Å². The molecule has 1 rings (SSSR count). The van der Waals surface area contributed by atoms with Gasteiger partial charge >= 0.3 is 0 Å². The Labute approximate surface area is 94.9 Å². The summed E-state index contributed by atoms with van der Waals surface area (Å²) in [6.07, 6.45) is 0. The normalized spacial score (nSPS) is 12.6. The highest BCUT2D eigenvalue weighted by Gasteiger charge is 2.21. The summed E-state index contributed by atoms with van der Waals surface area (Å²) in [5.74, 6) is 0.163. The van der Waals surface area contributed by atoms with Crippen LogP contribution in [0.25, 0.3) is 0 Å². The fraction of sp³-hybridized carbons (Fsp3) is 0.400. The van der Waals surface area contributed by atoms with Crippen molar-refractivity contribution in [1.29, 1.82) is 0 Å². The standard InChI is InChI=1S/C10H15NO4S/c1-10(2,12)7-4-5-8(15-3)9(6-7)16(11,13)14/h4-6,12H,1-3H3,(H2,11,13,14). The van der Waals surface area contributed by atoms with Gasteiger partial charge in [0.25, 0.3) is 0 Å². The number of nitrogens with two attached hydrogens (primary N) is 1. The average Bonchev–Trinajstić information content (AvgIpc) is 2.14. The van der Waals surface area contributed by atoms with Crippen molar-refractivity contribution in [2.45, 2.75) is 24.3 Å². The first-order valence-electron chi connectivity index (χ1n) is 4.60. The van der Waals surface area contributed by atoms with Gasteiger partial charge in [-0.25, -0.2) is 13.6 Å². The Balaban J connectivity index is 3.46. The highest BCUT2D eigenvalue weighted by molar-refractivity contribution is 7.89. The molecule has 1 aromatic rings. The smallest absolute Gasteiger partial charge is 0.241 e. The molecule has 0 amide bonds. The Hall–Kier alpha value is -1.11. The molecule has 0 spiro atoms. The third-order valence-corrected chi connectivity index (χ3v) is 3.11. The van der Waals surface area contributed by atoms with E-state index in [9.17, 15) is 13.5 Å². The molecule has 0 saturated heterocycles.